The van der Waals surface area contributed by atoms with Crippen molar-refractivity contribution in [3.05, 3.63) is 42.1 Å². The molecular weight excluding hydrogens is 272 g/mol. The van der Waals surface area contributed by atoms with Crippen LogP contribution in [0.4, 0.5) is 5.69 Å². The second-order valence-corrected chi connectivity index (χ2v) is 6.40. The molecule has 2 aliphatic rings. The highest BCUT2D eigenvalue weighted by Crippen LogP contribution is 2.18. The number of piperazine rings is 2. The summed E-state index contributed by atoms with van der Waals surface area (Å²) in [5, 5.41) is 3.40. The average Bonchev–Trinajstić information content (AvgIpc) is 2.57. The van der Waals surface area contributed by atoms with Crippen LogP contribution in [0.1, 0.15) is 5.56 Å². The smallest absolute Gasteiger partial charge is 0.0378 e. The molecule has 0 aromatic heterocycles. The molecule has 120 valence electrons. The predicted molar refractivity (Wildman–Crippen MR) is 93.4 cm³/mol. The second-order valence-electron chi connectivity index (χ2n) is 6.40. The summed E-state index contributed by atoms with van der Waals surface area (Å²) in [5.41, 5.74) is 3.95. The average molecular weight is 300 g/mol. The molecule has 0 radical (unpaired) electrons. The fourth-order valence-electron chi connectivity index (χ4n) is 3.26. The molecule has 2 aliphatic heterocycles. The van der Waals surface area contributed by atoms with Gasteiger partial charge in [0.1, 0.15) is 0 Å². The van der Waals surface area contributed by atoms with Crippen LogP contribution in [0.3, 0.4) is 0 Å². The van der Waals surface area contributed by atoms with Crippen LogP contribution < -0.4 is 10.2 Å². The van der Waals surface area contributed by atoms with E-state index in [2.05, 4.69) is 57.8 Å². The highest BCUT2D eigenvalue weighted by molar-refractivity contribution is 5.48. The highest BCUT2D eigenvalue weighted by atomic mass is 15.3. The van der Waals surface area contributed by atoms with Crippen LogP contribution in [0.2, 0.25) is 0 Å². The first-order chi connectivity index (χ1) is 10.7. The SMILES string of the molecule is C=C(CN1CCNCC1)N1CCN(c2ccc(C)cc2)CC1. The molecule has 0 amide bonds. The van der Waals surface area contributed by atoms with E-state index >= 15 is 0 Å². The van der Waals surface area contributed by atoms with Crippen molar-refractivity contribution >= 4 is 5.69 Å². The van der Waals surface area contributed by atoms with Crippen LogP contribution in [-0.4, -0.2) is 68.7 Å². The maximum Gasteiger partial charge on any atom is 0.0378 e. The summed E-state index contributed by atoms with van der Waals surface area (Å²) in [4.78, 5) is 7.45. The zero-order valence-corrected chi connectivity index (χ0v) is 13.7. The predicted octanol–water partition coefficient (Wildman–Crippen LogP) is 1.54. The van der Waals surface area contributed by atoms with Gasteiger partial charge < -0.3 is 15.1 Å². The second kappa shape index (κ2) is 7.16. The van der Waals surface area contributed by atoms with E-state index in [1.807, 2.05) is 0 Å². The van der Waals surface area contributed by atoms with Crippen LogP contribution in [0.5, 0.6) is 0 Å². The van der Waals surface area contributed by atoms with Gasteiger partial charge in [-0.25, -0.2) is 0 Å². The van der Waals surface area contributed by atoms with Gasteiger partial charge in [0.2, 0.25) is 0 Å². The fraction of sp³-hybridized carbons (Fsp3) is 0.556. The Morgan fingerprint density at radius 2 is 1.64 bits per heavy atom. The Kier molecular flexibility index (Phi) is 5.01. The van der Waals surface area contributed by atoms with E-state index in [1.54, 1.807) is 0 Å². The number of nitrogens with zero attached hydrogens (tertiary/aromatic N) is 3. The molecule has 0 atom stereocenters. The Labute approximate surface area is 134 Å². The van der Waals surface area contributed by atoms with Crippen LogP contribution in [-0.2, 0) is 0 Å². The van der Waals surface area contributed by atoms with Gasteiger partial charge in [-0.1, -0.05) is 24.3 Å². The summed E-state index contributed by atoms with van der Waals surface area (Å²) in [6, 6.07) is 8.87. The molecule has 1 N–H and O–H groups in total. The first kappa shape index (κ1) is 15.4. The van der Waals surface area contributed by atoms with Crippen molar-refractivity contribution in [1.29, 1.82) is 0 Å². The van der Waals surface area contributed by atoms with E-state index in [1.165, 1.54) is 16.9 Å². The monoisotopic (exact) mass is 300 g/mol. The molecule has 0 saturated carbocycles. The Bertz CT molecular complexity index is 482. The van der Waals surface area contributed by atoms with Crippen molar-refractivity contribution in [2.75, 3.05) is 63.8 Å². The number of rotatable bonds is 4. The largest absolute Gasteiger partial charge is 0.371 e. The summed E-state index contributed by atoms with van der Waals surface area (Å²) in [6.45, 7) is 16.3. The minimum atomic E-state index is 1.02. The third kappa shape index (κ3) is 3.81. The lowest BCUT2D eigenvalue weighted by atomic mass is 10.2. The maximum atomic E-state index is 4.33. The summed E-state index contributed by atoms with van der Waals surface area (Å²) < 4.78 is 0. The van der Waals surface area contributed by atoms with E-state index < -0.39 is 0 Å². The molecule has 0 bridgehead atoms. The van der Waals surface area contributed by atoms with Gasteiger partial charge in [-0.05, 0) is 19.1 Å². The summed E-state index contributed by atoms with van der Waals surface area (Å²) >= 11 is 0. The molecule has 1 aromatic rings. The van der Waals surface area contributed by atoms with Gasteiger partial charge in [-0.3, -0.25) is 4.90 Å². The topological polar surface area (TPSA) is 21.8 Å². The van der Waals surface area contributed by atoms with E-state index in [0.29, 0.717) is 0 Å². The third-order valence-electron chi connectivity index (χ3n) is 4.74. The lowest BCUT2D eigenvalue weighted by Crippen LogP contribution is -2.49. The maximum absolute atomic E-state index is 4.33. The van der Waals surface area contributed by atoms with Crippen molar-refractivity contribution in [2.24, 2.45) is 0 Å². The number of aryl methyl sites for hydroxylation is 1. The van der Waals surface area contributed by atoms with Crippen molar-refractivity contribution in [3.63, 3.8) is 0 Å². The van der Waals surface area contributed by atoms with Gasteiger partial charge in [0, 0.05) is 70.3 Å². The third-order valence-corrected chi connectivity index (χ3v) is 4.74. The molecule has 4 nitrogen and oxygen atoms in total. The lowest BCUT2D eigenvalue weighted by molar-refractivity contribution is 0.222. The van der Waals surface area contributed by atoms with Gasteiger partial charge in [-0.2, -0.15) is 0 Å². The minimum Gasteiger partial charge on any atom is -0.371 e. The number of nitrogens with one attached hydrogen (secondary N) is 1. The number of hydrogen-bond acceptors (Lipinski definition) is 4. The molecule has 2 saturated heterocycles. The molecule has 0 unspecified atom stereocenters. The molecular formula is C18H28N4. The van der Waals surface area contributed by atoms with Crippen molar-refractivity contribution in [3.8, 4) is 0 Å². The van der Waals surface area contributed by atoms with Crippen molar-refractivity contribution in [2.45, 2.75) is 6.92 Å². The number of anilines is 1. The summed E-state index contributed by atoms with van der Waals surface area (Å²) in [6.07, 6.45) is 0. The molecule has 2 fully saturated rings. The Balaban J connectivity index is 1.48. The molecule has 3 rings (SSSR count). The molecule has 2 heterocycles. The van der Waals surface area contributed by atoms with Crippen molar-refractivity contribution in [1.82, 2.24) is 15.1 Å². The Morgan fingerprint density at radius 3 is 2.27 bits per heavy atom. The molecule has 1 aromatic carbocycles. The standard InChI is InChI=1S/C18H28N4/c1-16-3-5-18(6-4-16)22-13-11-21(12-14-22)17(2)15-20-9-7-19-8-10-20/h3-6,19H,2,7-15H2,1H3. The van der Waals surface area contributed by atoms with E-state index in [0.717, 1.165) is 58.9 Å². The van der Waals surface area contributed by atoms with Crippen LogP contribution in [0, 0.1) is 6.92 Å². The van der Waals surface area contributed by atoms with Crippen LogP contribution in [0.25, 0.3) is 0 Å². The number of benzene rings is 1. The fourth-order valence-corrected chi connectivity index (χ4v) is 3.26. The van der Waals surface area contributed by atoms with E-state index in [-0.39, 0.29) is 0 Å². The Morgan fingerprint density at radius 1 is 1.00 bits per heavy atom. The van der Waals surface area contributed by atoms with Gasteiger partial charge in [-0.15, -0.1) is 0 Å². The molecule has 4 heteroatoms. The normalized spacial score (nSPS) is 20.2. The summed E-state index contributed by atoms with van der Waals surface area (Å²) in [7, 11) is 0. The zero-order chi connectivity index (χ0) is 15.4. The van der Waals surface area contributed by atoms with E-state index in [9.17, 15) is 0 Å². The first-order valence-electron chi connectivity index (χ1n) is 8.40. The minimum absolute atomic E-state index is 1.02. The van der Waals surface area contributed by atoms with Crippen LogP contribution >= 0.6 is 0 Å². The van der Waals surface area contributed by atoms with E-state index in [4.69, 9.17) is 0 Å². The van der Waals surface area contributed by atoms with Crippen LogP contribution in [0.15, 0.2) is 36.5 Å². The molecule has 0 spiro atoms. The molecule has 0 aliphatic carbocycles. The first-order valence-corrected chi connectivity index (χ1v) is 8.40. The summed E-state index contributed by atoms with van der Waals surface area (Å²) in [5.74, 6) is 0. The number of hydrogen-bond donors (Lipinski definition) is 1. The Hall–Kier alpha value is -1.52. The zero-order valence-electron chi connectivity index (χ0n) is 13.7. The van der Waals surface area contributed by atoms with Gasteiger partial charge >= 0.3 is 0 Å². The van der Waals surface area contributed by atoms with Gasteiger partial charge in [0.15, 0.2) is 0 Å². The quantitative estimate of drug-likeness (QED) is 0.910. The highest BCUT2D eigenvalue weighted by Gasteiger charge is 2.20. The molecule has 22 heavy (non-hydrogen) atoms. The van der Waals surface area contributed by atoms with Crippen molar-refractivity contribution < 1.29 is 0 Å². The van der Waals surface area contributed by atoms with Gasteiger partial charge in [0.25, 0.3) is 0 Å². The lowest BCUT2D eigenvalue weighted by Gasteiger charge is -2.40. The van der Waals surface area contributed by atoms with Gasteiger partial charge in [0.05, 0.1) is 0 Å².